The normalized spacial score (nSPS) is 17.9. The Morgan fingerprint density at radius 1 is 1.29 bits per heavy atom. The zero-order valence-corrected chi connectivity index (χ0v) is 11.6. The number of ether oxygens (including phenoxy) is 1. The van der Waals surface area contributed by atoms with E-state index in [1.165, 1.54) is 19.3 Å². The van der Waals surface area contributed by atoms with Gasteiger partial charge >= 0.3 is 0 Å². The molecule has 17 heavy (non-hydrogen) atoms. The molecule has 3 nitrogen and oxygen atoms in total. The largest absolute Gasteiger partial charge is 0.377 e. The number of carbonyl (C=O) groups excluding carboxylic acids is 1. The molecule has 0 atom stereocenters. The van der Waals surface area contributed by atoms with Gasteiger partial charge in [0.05, 0.1) is 19.3 Å². The van der Waals surface area contributed by atoms with Crippen molar-refractivity contribution in [2.45, 2.75) is 52.1 Å². The quantitative estimate of drug-likeness (QED) is 0.686. The maximum absolute atomic E-state index is 12.0. The van der Waals surface area contributed by atoms with Gasteiger partial charge in [0.25, 0.3) is 0 Å². The smallest absolute Gasteiger partial charge is 0.149 e. The van der Waals surface area contributed by atoms with Crippen LogP contribution < -0.4 is 0 Å². The van der Waals surface area contributed by atoms with Crippen LogP contribution in [-0.4, -0.2) is 43.5 Å². The van der Waals surface area contributed by atoms with Crippen molar-refractivity contribution in [3.05, 3.63) is 0 Å². The molecule has 3 heteroatoms. The van der Waals surface area contributed by atoms with Crippen LogP contribution in [0.15, 0.2) is 0 Å². The van der Waals surface area contributed by atoms with Crippen molar-refractivity contribution in [3.8, 4) is 0 Å². The maximum Gasteiger partial charge on any atom is 0.149 e. The van der Waals surface area contributed by atoms with Crippen LogP contribution in [0.2, 0.25) is 0 Å². The third-order valence-corrected chi connectivity index (χ3v) is 3.41. The van der Waals surface area contributed by atoms with Gasteiger partial charge in [-0.1, -0.05) is 19.3 Å². The number of nitrogens with zero attached hydrogens (tertiary/aromatic N) is 1. The topological polar surface area (TPSA) is 29.5 Å². The number of hydrogen-bond donors (Lipinski definition) is 0. The van der Waals surface area contributed by atoms with Gasteiger partial charge in [0.1, 0.15) is 5.78 Å². The molecule has 1 fully saturated rings. The lowest BCUT2D eigenvalue weighted by molar-refractivity contribution is -0.124. The molecule has 0 aromatic rings. The molecule has 0 radical (unpaired) electrons. The van der Waals surface area contributed by atoms with Crippen LogP contribution in [0.25, 0.3) is 0 Å². The van der Waals surface area contributed by atoms with Gasteiger partial charge in [-0.2, -0.15) is 0 Å². The highest BCUT2D eigenvalue weighted by atomic mass is 16.5. The average Bonchev–Trinajstić information content (AvgIpc) is 2.29. The van der Waals surface area contributed by atoms with Crippen molar-refractivity contribution in [1.29, 1.82) is 0 Å². The summed E-state index contributed by atoms with van der Waals surface area (Å²) < 4.78 is 5.49. The van der Waals surface area contributed by atoms with E-state index in [0.717, 1.165) is 19.4 Å². The van der Waals surface area contributed by atoms with Crippen molar-refractivity contribution in [2.75, 3.05) is 26.7 Å². The molecule has 0 N–H and O–H groups in total. The Hall–Kier alpha value is -0.410. The molecule has 0 amide bonds. The molecule has 0 saturated heterocycles. The molecular weight excluding hydrogens is 214 g/mol. The van der Waals surface area contributed by atoms with Crippen molar-refractivity contribution >= 4 is 5.78 Å². The molecule has 0 aromatic carbocycles. The Labute approximate surface area is 106 Å². The predicted molar refractivity (Wildman–Crippen MR) is 70.2 cm³/mol. The maximum atomic E-state index is 12.0. The summed E-state index contributed by atoms with van der Waals surface area (Å²) in [7, 11) is 2.00. The van der Waals surface area contributed by atoms with Crippen molar-refractivity contribution in [2.24, 2.45) is 5.92 Å². The summed E-state index contributed by atoms with van der Waals surface area (Å²) in [5.41, 5.74) is 0. The first kappa shape index (κ1) is 14.7. The molecule has 0 bridgehead atoms. The zero-order chi connectivity index (χ0) is 12.7. The summed E-state index contributed by atoms with van der Waals surface area (Å²) in [5, 5.41) is 0. The molecule has 1 aliphatic rings. The number of carbonyl (C=O) groups is 1. The molecule has 1 rings (SSSR count). The number of ketones is 1. The Morgan fingerprint density at radius 3 is 2.53 bits per heavy atom. The van der Waals surface area contributed by atoms with Gasteiger partial charge in [-0.3, -0.25) is 9.69 Å². The minimum absolute atomic E-state index is 0.275. The van der Waals surface area contributed by atoms with Crippen molar-refractivity contribution in [1.82, 2.24) is 4.90 Å². The van der Waals surface area contributed by atoms with E-state index in [1.54, 1.807) is 0 Å². The zero-order valence-electron chi connectivity index (χ0n) is 11.6. The highest BCUT2D eigenvalue weighted by Gasteiger charge is 2.21. The Kier molecular flexibility index (Phi) is 6.75. The van der Waals surface area contributed by atoms with E-state index < -0.39 is 0 Å². The van der Waals surface area contributed by atoms with E-state index in [9.17, 15) is 4.79 Å². The summed E-state index contributed by atoms with van der Waals surface area (Å²) in [4.78, 5) is 14.1. The number of rotatable bonds is 7. The lowest BCUT2D eigenvalue weighted by Gasteiger charge is -2.23. The van der Waals surface area contributed by atoms with Gasteiger partial charge in [0.15, 0.2) is 0 Å². The Bertz CT molecular complexity index is 222. The van der Waals surface area contributed by atoms with Crippen molar-refractivity contribution in [3.63, 3.8) is 0 Å². The molecule has 0 aliphatic heterocycles. The fourth-order valence-electron chi connectivity index (χ4n) is 2.34. The average molecular weight is 241 g/mol. The standard InChI is InChI=1S/C14H27NO2/c1-12(2)17-10-9-15(3)11-14(16)13-7-5-4-6-8-13/h12-13H,4-11H2,1-3H3. The van der Waals surface area contributed by atoms with Gasteiger partial charge in [0, 0.05) is 12.5 Å². The van der Waals surface area contributed by atoms with E-state index in [4.69, 9.17) is 4.74 Å². The monoisotopic (exact) mass is 241 g/mol. The molecule has 100 valence electrons. The van der Waals surface area contributed by atoms with Crippen LogP contribution in [0.5, 0.6) is 0 Å². The molecule has 1 saturated carbocycles. The molecule has 1 aliphatic carbocycles. The second kappa shape index (κ2) is 7.83. The molecule has 0 unspecified atom stereocenters. The highest BCUT2D eigenvalue weighted by molar-refractivity contribution is 5.82. The number of likely N-dealkylation sites (N-methyl/N-ethyl adjacent to an activating group) is 1. The highest BCUT2D eigenvalue weighted by Crippen LogP contribution is 2.24. The Balaban J connectivity index is 2.15. The van der Waals surface area contributed by atoms with E-state index in [-0.39, 0.29) is 6.10 Å². The third kappa shape index (κ3) is 6.18. The molecule has 0 heterocycles. The Morgan fingerprint density at radius 2 is 1.94 bits per heavy atom. The second-order valence-corrected chi connectivity index (χ2v) is 5.46. The molecule has 0 aromatic heterocycles. The van der Waals surface area contributed by atoms with E-state index >= 15 is 0 Å². The molecular formula is C14H27NO2. The lowest BCUT2D eigenvalue weighted by atomic mass is 9.86. The van der Waals surface area contributed by atoms with Gasteiger partial charge in [-0.25, -0.2) is 0 Å². The summed E-state index contributed by atoms with van der Waals surface area (Å²) >= 11 is 0. The fraction of sp³-hybridized carbons (Fsp3) is 0.929. The summed E-state index contributed by atoms with van der Waals surface area (Å²) in [6.45, 7) is 6.22. The minimum Gasteiger partial charge on any atom is -0.377 e. The first-order chi connectivity index (χ1) is 8.09. The number of hydrogen-bond acceptors (Lipinski definition) is 3. The minimum atomic E-state index is 0.275. The van der Waals surface area contributed by atoms with E-state index in [1.807, 2.05) is 20.9 Å². The fourth-order valence-corrected chi connectivity index (χ4v) is 2.34. The first-order valence-corrected chi connectivity index (χ1v) is 6.92. The van der Waals surface area contributed by atoms with Crippen LogP contribution in [0.4, 0.5) is 0 Å². The van der Waals surface area contributed by atoms with Gasteiger partial charge in [0.2, 0.25) is 0 Å². The predicted octanol–water partition coefficient (Wildman–Crippen LogP) is 2.49. The second-order valence-electron chi connectivity index (χ2n) is 5.46. The first-order valence-electron chi connectivity index (χ1n) is 6.92. The SMILES string of the molecule is CC(C)OCCN(C)CC(=O)C1CCCCC1. The van der Waals surface area contributed by atoms with Crippen LogP contribution in [0.3, 0.4) is 0 Å². The van der Waals surface area contributed by atoms with Gasteiger partial charge < -0.3 is 4.74 Å². The summed E-state index contributed by atoms with van der Waals surface area (Å²) in [6, 6.07) is 0. The van der Waals surface area contributed by atoms with E-state index in [2.05, 4.69) is 4.90 Å². The van der Waals surface area contributed by atoms with Crippen LogP contribution >= 0.6 is 0 Å². The van der Waals surface area contributed by atoms with Crippen LogP contribution in [-0.2, 0) is 9.53 Å². The summed E-state index contributed by atoms with van der Waals surface area (Å²) in [5.74, 6) is 0.758. The number of Topliss-reactive ketones (excluding diaryl/α,β-unsaturated/α-hetero) is 1. The summed E-state index contributed by atoms with van der Waals surface area (Å²) in [6.07, 6.45) is 6.26. The lowest BCUT2D eigenvalue weighted by Crippen LogP contribution is -2.33. The molecule has 0 spiro atoms. The van der Waals surface area contributed by atoms with Crippen LogP contribution in [0, 0.1) is 5.92 Å². The van der Waals surface area contributed by atoms with Gasteiger partial charge in [-0.15, -0.1) is 0 Å². The van der Waals surface area contributed by atoms with Gasteiger partial charge in [-0.05, 0) is 33.7 Å². The third-order valence-electron chi connectivity index (χ3n) is 3.41. The van der Waals surface area contributed by atoms with Crippen molar-refractivity contribution < 1.29 is 9.53 Å². The van der Waals surface area contributed by atoms with E-state index in [0.29, 0.717) is 24.9 Å². The van der Waals surface area contributed by atoms with Crippen LogP contribution in [0.1, 0.15) is 46.0 Å².